The number of carbonyl (C=O) groups is 1. The third-order valence-corrected chi connectivity index (χ3v) is 7.27. The van der Waals surface area contributed by atoms with Crippen LogP contribution >= 0.6 is 39.1 Å². The summed E-state index contributed by atoms with van der Waals surface area (Å²) in [5, 5.41) is 6.18. The number of hydrogen-bond acceptors (Lipinski definition) is 2. The zero-order valence-corrected chi connectivity index (χ0v) is 21.3. The Morgan fingerprint density at radius 2 is 1.86 bits per heavy atom. The summed E-state index contributed by atoms with van der Waals surface area (Å²) in [6, 6.07) is 8.10. The molecule has 0 spiro atoms. The van der Waals surface area contributed by atoms with Gasteiger partial charge in [0.1, 0.15) is 0 Å². The predicted octanol–water partition coefficient (Wildman–Crippen LogP) is 3.41. The van der Waals surface area contributed by atoms with Crippen LogP contribution in [0.3, 0.4) is 0 Å². The molecule has 0 fully saturated rings. The normalized spacial score (nSPS) is 12.1. The third kappa shape index (κ3) is 4.71. The molecule has 1 aromatic heterocycles. The third-order valence-electron chi connectivity index (χ3n) is 4.12. The Morgan fingerprint density at radius 1 is 1.18 bits per heavy atom. The number of fused-ring (bicyclic) bond motifs is 3. The van der Waals surface area contributed by atoms with Crippen molar-refractivity contribution in [2.45, 2.75) is 32.8 Å². The first kappa shape index (κ1) is 22.0. The SMILES string of the molecule is C[I-]n1c2cc(Cl)c(Cl)cc2c2cc(Br)cc(CCNC(=O)OC(C)(C)C)c21. The van der Waals surface area contributed by atoms with Crippen LogP contribution in [-0.4, -0.2) is 26.0 Å². The molecule has 1 N–H and O–H groups in total. The van der Waals surface area contributed by atoms with Crippen LogP contribution in [0.15, 0.2) is 28.7 Å². The van der Waals surface area contributed by atoms with Gasteiger partial charge in [-0.2, -0.15) is 0 Å². The summed E-state index contributed by atoms with van der Waals surface area (Å²) in [6.45, 7) is 6.05. The summed E-state index contributed by atoms with van der Waals surface area (Å²) < 4.78 is 8.66. The molecule has 0 saturated heterocycles. The molecule has 0 aliphatic rings. The Morgan fingerprint density at radius 3 is 2.50 bits per heavy atom. The molecular weight excluding hydrogens is 578 g/mol. The number of aromatic nitrogens is 1. The number of alkyl carbamates (subject to hydrolysis) is 1. The summed E-state index contributed by atoms with van der Waals surface area (Å²) in [4.78, 5) is 14.2. The van der Waals surface area contributed by atoms with Crippen molar-refractivity contribution in [2.75, 3.05) is 11.5 Å². The van der Waals surface area contributed by atoms with Gasteiger partial charge < -0.3 is 0 Å². The number of rotatable bonds is 4. The first-order valence-corrected chi connectivity index (χ1v) is 13.4. The van der Waals surface area contributed by atoms with Crippen LogP contribution in [0.2, 0.25) is 10.0 Å². The minimum absolute atomic E-state index is 0.267. The molecule has 152 valence electrons. The van der Waals surface area contributed by atoms with Crippen molar-refractivity contribution in [1.29, 1.82) is 0 Å². The Labute approximate surface area is 193 Å². The second-order valence-electron chi connectivity index (χ2n) is 7.37. The molecule has 0 unspecified atom stereocenters. The second-order valence-corrected chi connectivity index (χ2v) is 11.0. The Kier molecular flexibility index (Phi) is 6.74. The van der Waals surface area contributed by atoms with Crippen LogP contribution in [0.5, 0.6) is 0 Å². The summed E-state index contributed by atoms with van der Waals surface area (Å²) in [5.41, 5.74) is 2.92. The monoisotopic (exact) mass is 597 g/mol. The van der Waals surface area contributed by atoms with Gasteiger partial charge in [-0.15, -0.1) is 0 Å². The van der Waals surface area contributed by atoms with E-state index in [1.807, 2.05) is 32.9 Å². The molecule has 3 aromatic rings. The van der Waals surface area contributed by atoms with E-state index in [2.05, 4.69) is 41.1 Å². The Bertz CT molecular complexity index is 1060. The van der Waals surface area contributed by atoms with Gasteiger partial charge in [0.15, 0.2) is 0 Å². The van der Waals surface area contributed by atoms with E-state index < -0.39 is 11.7 Å². The Balaban J connectivity index is 2.00. The van der Waals surface area contributed by atoms with E-state index in [1.165, 1.54) is 5.52 Å². The minimum atomic E-state index is -0.509. The zero-order valence-electron chi connectivity index (χ0n) is 16.0. The van der Waals surface area contributed by atoms with Crippen molar-refractivity contribution in [3.8, 4) is 0 Å². The first-order chi connectivity index (χ1) is 13.1. The van der Waals surface area contributed by atoms with Crippen molar-refractivity contribution in [1.82, 2.24) is 8.10 Å². The predicted molar refractivity (Wildman–Crippen MR) is 116 cm³/mol. The van der Waals surface area contributed by atoms with Crippen molar-refractivity contribution in [3.63, 3.8) is 0 Å². The van der Waals surface area contributed by atoms with Crippen molar-refractivity contribution in [2.24, 2.45) is 0 Å². The van der Waals surface area contributed by atoms with E-state index in [1.54, 1.807) is 0 Å². The number of alkyl halides is 1. The molecule has 3 rings (SSSR count). The van der Waals surface area contributed by atoms with E-state index in [0.717, 1.165) is 26.3 Å². The first-order valence-electron chi connectivity index (χ1n) is 8.69. The van der Waals surface area contributed by atoms with Gasteiger partial charge in [0, 0.05) is 0 Å². The van der Waals surface area contributed by atoms with Gasteiger partial charge in [-0.25, -0.2) is 0 Å². The number of nitrogens with zero attached hydrogens (tertiary/aromatic N) is 1. The quantitative estimate of drug-likeness (QED) is 0.370. The van der Waals surface area contributed by atoms with Crippen molar-refractivity contribution < 1.29 is 31.0 Å². The van der Waals surface area contributed by atoms with Crippen LogP contribution < -0.4 is 26.8 Å². The van der Waals surface area contributed by atoms with Crippen LogP contribution in [-0.2, 0) is 11.2 Å². The molecule has 28 heavy (non-hydrogen) atoms. The summed E-state index contributed by atoms with van der Waals surface area (Å²) in [7, 11) is 0. The summed E-state index contributed by atoms with van der Waals surface area (Å²) in [5.74, 6) is 0. The van der Waals surface area contributed by atoms with E-state index in [4.69, 9.17) is 27.9 Å². The number of carbonyl (C=O) groups excluding carboxylic acids is 1. The number of ether oxygens (including phenoxy) is 1. The van der Waals surface area contributed by atoms with Gasteiger partial charge in [-0.3, -0.25) is 0 Å². The second kappa shape index (κ2) is 8.58. The average Bonchev–Trinajstić information content (AvgIpc) is 2.86. The van der Waals surface area contributed by atoms with Crippen LogP contribution in [0.1, 0.15) is 26.3 Å². The summed E-state index contributed by atoms with van der Waals surface area (Å²) in [6.07, 6.45) is 0.289. The van der Waals surface area contributed by atoms with Gasteiger partial charge in [-0.05, 0) is 0 Å². The van der Waals surface area contributed by atoms with Gasteiger partial charge in [0.25, 0.3) is 0 Å². The number of hydrogen-bond donors (Lipinski definition) is 1. The molecule has 0 saturated carbocycles. The molecule has 0 radical (unpaired) electrons. The molecular formula is C20H21BrCl2IN2O2-. The number of amides is 1. The number of nitrogens with one attached hydrogen (secondary N) is 1. The van der Waals surface area contributed by atoms with Crippen molar-refractivity contribution >= 4 is 67.0 Å². The molecule has 0 atom stereocenters. The van der Waals surface area contributed by atoms with Gasteiger partial charge in [-0.1, -0.05) is 0 Å². The molecule has 0 aliphatic carbocycles. The maximum absolute atomic E-state index is 11.9. The molecule has 1 amide bonds. The Hall–Kier alpha value is -0.700. The molecule has 2 aromatic carbocycles. The summed E-state index contributed by atoms with van der Waals surface area (Å²) >= 11 is 15.9. The average molecular weight is 599 g/mol. The number of halogens is 4. The molecule has 4 nitrogen and oxygen atoms in total. The van der Waals surface area contributed by atoms with Crippen LogP contribution in [0, 0.1) is 0 Å². The standard InChI is InChI=1S/C20H21BrCl2IN2O2/c1-20(2,3)28-19(27)25-6-5-11-7-12(21)8-14-13-9-15(22)16(23)10-17(13)26(24-4)18(11)14/h7-10H,5-6H2,1-4H3,(H,25,27)/q-1. The topological polar surface area (TPSA) is 43.3 Å². The van der Waals surface area contributed by atoms with E-state index in [-0.39, 0.29) is 21.5 Å². The van der Waals surface area contributed by atoms with Crippen molar-refractivity contribution in [3.05, 3.63) is 44.3 Å². The van der Waals surface area contributed by atoms with E-state index in [9.17, 15) is 4.79 Å². The fourth-order valence-corrected chi connectivity index (χ4v) is 5.91. The number of benzene rings is 2. The van der Waals surface area contributed by atoms with Crippen LogP contribution in [0.4, 0.5) is 4.79 Å². The molecule has 1 heterocycles. The van der Waals surface area contributed by atoms with Gasteiger partial charge in [0.2, 0.25) is 0 Å². The van der Waals surface area contributed by atoms with Gasteiger partial charge in [0.05, 0.1) is 0 Å². The van der Waals surface area contributed by atoms with Gasteiger partial charge >= 0.3 is 195 Å². The maximum atomic E-state index is 11.9. The fraction of sp³-hybridized carbons (Fsp3) is 0.350. The molecule has 0 bridgehead atoms. The van der Waals surface area contributed by atoms with E-state index >= 15 is 0 Å². The fourth-order valence-electron chi connectivity index (χ4n) is 3.11. The molecule has 0 aliphatic heterocycles. The van der Waals surface area contributed by atoms with Crippen LogP contribution in [0.25, 0.3) is 21.8 Å². The zero-order chi connectivity index (χ0) is 20.6. The van der Waals surface area contributed by atoms with E-state index in [0.29, 0.717) is 23.0 Å². The molecule has 8 heteroatoms.